The molecule has 0 bridgehead atoms. The number of carbonyl (C=O) groups excluding carboxylic acids is 1. The van der Waals surface area contributed by atoms with Crippen molar-refractivity contribution in [2.75, 3.05) is 6.54 Å². The fourth-order valence-corrected chi connectivity index (χ4v) is 2.06. The van der Waals surface area contributed by atoms with E-state index in [4.69, 9.17) is 26.1 Å². The molecule has 1 aromatic carbocycles. The summed E-state index contributed by atoms with van der Waals surface area (Å²) in [6.07, 6.45) is 1.25. The number of benzene rings is 1. The number of hydrogen-bond acceptors (Lipinski definition) is 5. The quantitative estimate of drug-likeness (QED) is 0.604. The first-order valence-electron chi connectivity index (χ1n) is 6.62. The van der Waals surface area contributed by atoms with Crippen LogP contribution in [-0.4, -0.2) is 49.3 Å². The van der Waals surface area contributed by atoms with E-state index in [0.717, 1.165) is 0 Å². The van der Waals surface area contributed by atoms with Crippen molar-refractivity contribution in [3.63, 3.8) is 0 Å². The van der Waals surface area contributed by atoms with Gasteiger partial charge in [-0.25, -0.2) is 4.98 Å². The van der Waals surface area contributed by atoms with E-state index >= 15 is 0 Å². The highest BCUT2D eigenvalue weighted by Gasteiger charge is 2.16. The van der Waals surface area contributed by atoms with Crippen LogP contribution < -0.4 is 16.2 Å². The van der Waals surface area contributed by atoms with Crippen molar-refractivity contribution in [3.8, 4) is 22.9 Å². The Balaban J connectivity index is 2.43. The molecule has 2 aromatic rings. The Hall–Kier alpha value is -3.27. The van der Waals surface area contributed by atoms with Crippen LogP contribution in [0.4, 0.5) is 0 Å². The standard InChI is InChI=1S/C15H9B2N3O4/c16-9-2-1-7(4-18)13(17)12(9)8-3-10(21)14(19-5-8)15(24)20-6-11(22)23/h1-3,5,21H,6H2,(H,20,24)(H,22,23). The van der Waals surface area contributed by atoms with Crippen LogP contribution >= 0.6 is 0 Å². The number of aromatic hydroxyl groups is 1. The van der Waals surface area contributed by atoms with Crippen LogP contribution in [0.15, 0.2) is 24.4 Å². The average Bonchev–Trinajstić information content (AvgIpc) is 2.53. The predicted molar refractivity (Wildman–Crippen MR) is 86.8 cm³/mol. The van der Waals surface area contributed by atoms with Gasteiger partial charge in [0, 0.05) is 17.3 Å². The summed E-state index contributed by atoms with van der Waals surface area (Å²) in [4.78, 5) is 26.0. The third-order valence-corrected chi connectivity index (χ3v) is 3.17. The summed E-state index contributed by atoms with van der Waals surface area (Å²) in [6, 6.07) is 6.10. The number of carboxylic acids is 1. The van der Waals surface area contributed by atoms with Gasteiger partial charge < -0.3 is 15.5 Å². The van der Waals surface area contributed by atoms with E-state index in [-0.39, 0.29) is 22.2 Å². The SMILES string of the molecule is [B]c1ccc(C#N)c([B])c1-c1cnc(C(=O)NCC(=O)O)c(O)c1. The summed E-state index contributed by atoms with van der Waals surface area (Å²) in [5, 5.41) is 29.6. The first-order chi connectivity index (χ1) is 11.3. The predicted octanol–water partition coefficient (Wildman–Crippen LogP) is -1.27. The molecule has 0 unspecified atom stereocenters. The molecule has 1 amide bonds. The molecule has 9 heteroatoms. The zero-order chi connectivity index (χ0) is 17.9. The molecular weight excluding hydrogens is 308 g/mol. The molecule has 4 radical (unpaired) electrons. The molecule has 0 aliphatic heterocycles. The Kier molecular flexibility index (Phi) is 4.90. The number of carboxylic acid groups (broad SMARTS) is 1. The molecule has 1 aromatic heterocycles. The summed E-state index contributed by atoms with van der Waals surface area (Å²) < 4.78 is 0. The molecule has 0 saturated heterocycles. The van der Waals surface area contributed by atoms with Crippen LogP contribution in [0.5, 0.6) is 5.75 Å². The molecule has 0 saturated carbocycles. The first kappa shape index (κ1) is 17.1. The minimum absolute atomic E-state index is 0.127. The smallest absolute Gasteiger partial charge is 0.322 e. The van der Waals surface area contributed by atoms with E-state index in [0.29, 0.717) is 11.1 Å². The maximum absolute atomic E-state index is 11.8. The van der Waals surface area contributed by atoms with E-state index < -0.39 is 24.2 Å². The molecule has 24 heavy (non-hydrogen) atoms. The molecule has 0 aliphatic carbocycles. The molecule has 0 spiro atoms. The monoisotopic (exact) mass is 317 g/mol. The second-order valence-corrected chi connectivity index (χ2v) is 4.77. The van der Waals surface area contributed by atoms with Crippen molar-refractivity contribution >= 4 is 38.5 Å². The lowest BCUT2D eigenvalue weighted by atomic mass is 9.76. The van der Waals surface area contributed by atoms with E-state index in [1.165, 1.54) is 24.4 Å². The molecule has 0 aliphatic rings. The van der Waals surface area contributed by atoms with Crippen molar-refractivity contribution in [2.24, 2.45) is 0 Å². The van der Waals surface area contributed by atoms with Crippen LogP contribution in [0, 0.1) is 11.3 Å². The number of nitrogens with zero attached hydrogens (tertiary/aromatic N) is 2. The number of hydrogen-bond donors (Lipinski definition) is 3. The van der Waals surface area contributed by atoms with Gasteiger partial charge in [-0.3, -0.25) is 9.59 Å². The Morgan fingerprint density at radius 2 is 2.04 bits per heavy atom. The molecule has 2 rings (SSSR count). The lowest BCUT2D eigenvalue weighted by Crippen LogP contribution is -2.30. The largest absolute Gasteiger partial charge is 0.505 e. The average molecular weight is 317 g/mol. The number of pyridine rings is 1. The van der Waals surface area contributed by atoms with Gasteiger partial charge in [-0.05, 0) is 17.7 Å². The van der Waals surface area contributed by atoms with Crippen molar-refractivity contribution in [2.45, 2.75) is 0 Å². The fourth-order valence-electron chi connectivity index (χ4n) is 2.06. The van der Waals surface area contributed by atoms with Gasteiger partial charge in [-0.15, -0.1) is 0 Å². The summed E-state index contributed by atoms with van der Waals surface area (Å²) >= 11 is 0. The Bertz CT molecular complexity index is 878. The Morgan fingerprint density at radius 3 is 2.62 bits per heavy atom. The normalized spacial score (nSPS) is 9.96. The van der Waals surface area contributed by atoms with Crippen LogP contribution in [-0.2, 0) is 4.79 Å². The van der Waals surface area contributed by atoms with E-state index in [9.17, 15) is 14.7 Å². The minimum Gasteiger partial charge on any atom is -0.505 e. The summed E-state index contributed by atoms with van der Waals surface area (Å²) in [5.74, 6) is -2.54. The third kappa shape index (κ3) is 3.38. The number of rotatable bonds is 4. The van der Waals surface area contributed by atoms with E-state index in [1.807, 2.05) is 6.07 Å². The highest BCUT2D eigenvalue weighted by molar-refractivity contribution is 6.44. The van der Waals surface area contributed by atoms with Gasteiger partial charge in [0.1, 0.15) is 28.0 Å². The zero-order valence-electron chi connectivity index (χ0n) is 12.3. The lowest BCUT2D eigenvalue weighted by molar-refractivity contribution is -0.135. The van der Waals surface area contributed by atoms with Gasteiger partial charge in [-0.1, -0.05) is 17.0 Å². The van der Waals surface area contributed by atoms with Crippen LogP contribution in [0.2, 0.25) is 0 Å². The van der Waals surface area contributed by atoms with Gasteiger partial charge >= 0.3 is 5.97 Å². The fraction of sp³-hybridized carbons (Fsp3) is 0.0667. The topological polar surface area (TPSA) is 123 Å². The number of nitrogens with one attached hydrogen (secondary N) is 1. The van der Waals surface area contributed by atoms with Crippen molar-refractivity contribution < 1.29 is 19.8 Å². The molecule has 0 atom stereocenters. The highest BCUT2D eigenvalue weighted by Crippen LogP contribution is 2.23. The van der Waals surface area contributed by atoms with Gasteiger partial charge in [0.05, 0.1) is 6.07 Å². The Labute approximate surface area is 139 Å². The van der Waals surface area contributed by atoms with Crippen LogP contribution in [0.1, 0.15) is 16.1 Å². The van der Waals surface area contributed by atoms with Crippen molar-refractivity contribution in [1.82, 2.24) is 10.3 Å². The van der Waals surface area contributed by atoms with Gasteiger partial charge in [-0.2, -0.15) is 5.26 Å². The van der Waals surface area contributed by atoms with E-state index in [1.54, 1.807) is 0 Å². The van der Waals surface area contributed by atoms with Crippen molar-refractivity contribution in [3.05, 3.63) is 35.7 Å². The lowest BCUT2D eigenvalue weighted by Gasteiger charge is -2.13. The number of aliphatic carboxylic acids is 1. The summed E-state index contributed by atoms with van der Waals surface area (Å²) in [7, 11) is 11.8. The second-order valence-electron chi connectivity index (χ2n) is 4.77. The van der Waals surface area contributed by atoms with Crippen molar-refractivity contribution in [1.29, 1.82) is 5.26 Å². The molecule has 0 fully saturated rings. The number of nitriles is 1. The molecule has 7 nitrogen and oxygen atoms in total. The summed E-state index contributed by atoms with van der Waals surface area (Å²) in [6.45, 7) is -0.605. The number of carbonyl (C=O) groups is 2. The van der Waals surface area contributed by atoms with Crippen LogP contribution in [0.25, 0.3) is 11.1 Å². The maximum Gasteiger partial charge on any atom is 0.322 e. The molecule has 3 N–H and O–H groups in total. The zero-order valence-corrected chi connectivity index (χ0v) is 12.3. The number of aromatic nitrogens is 1. The van der Waals surface area contributed by atoms with Gasteiger partial charge in [0.2, 0.25) is 0 Å². The van der Waals surface area contributed by atoms with Gasteiger partial charge in [0.15, 0.2) is 5.69 Å². The maximum atomic E-state index is 11.8. The van der Waals surface area contributed by atoms with Crippen LogP contribution in [0.3, 0.4) is 0 Å². The molecular formula is C15H9B2N3O4. The summed E-state index contributed by atoms with van der Waals surface area (Å²) in [5.41, 5.74) is 0.900. The third-order valence-electron chi connectivity index (χ3n) is 3.17. The molecule has 114 valence electrons. The van der Waals surface area contributed by atoms with Gasteiger partial charge in [0.25, 0.3) is 5.91 Å². The second kappa shape index (κ2) is 6.87. The molecule has 1 heterocycles. The minimum atomic E-state index is -1.23. The number of amides is 1. The Morgan fingerprint density at radius 1 is 1.33 bits per heavy atom. The van der Waals surface area contributed by atoms with E-state index in [2.05, 4.69) is 10.3 Å². The first-order valence-corrected chi connectivity index (χ1v) is 6.62. The highest BCUT2D eigenvalue weighted by atomic mass is 16.4.